The number of benzene rings is 1. The Morgan fingerprint density at radius 2 is 2.11 bits per heavy atom. The van der Waals surface area contributed by atoms with Crippen LogP contribution in [0.1, 0.15) is 39.0 Å². The number of nitrogens with zero attached hydrogens (tertiary/aromatic N) is 3. The van der Waals surface area contributed by atoms with Crippen LogP contribution in [0, 0.1) is 5.92 Å². The largest absolute Gasteiger partial charge is 0.370 e. The summed E-state index contributed by atoms with van der Waals surface area (Å²) in [6.45, 7) is 5.01. The van der Waals surface area contributed by atoms with E-state index in [1.807, 2.05) is 36.4 Å². The van der Waals surface area contributed by atoms with E-state index in [9.17, 15) is 4.79 Å². The standard InChI is InChI=1S/C21H29N5O/c1-2-12-22-19-14-20(24-16-23-19)26-13-6-7-17(15-26)10-11-21(27)25-18-8-4-3-5-9-18/h3-5,8-9,14,16-17H,2,6-7,10-13,15H2,1H3,(H,25,27)(H,22,23,24)/t17-/m1/s1. The summed E-state index contributed by atoms with van der Waals surface area (Å²) in [6.07, 6.45) is 6.45. The molecule has 2 heterocycles. The zero-order chi connectivity index (χ0) is 18.9. The molecule has 1 atom stereocenters. The third kappa shape index (κ3) is 5.94. The van der Waals surface area contributed by atoms with Gasteiger partial charge in [-0.2, -0.15) is 0 Å². The van der Waals surface area contributed by atoms with Gasteiger partial charge in [-0.15, -0.1) is 0 Å². The zero-order valence-corrected chi connectivity index (χ0v) is 16.0. The summed E-state index contributed by atoms with van der Waals surface area (Å²) in [7, 11) is 0. The number of carbonyl (C=O) groups excluding carboxylic acids is 1. The van der Waals surface area contributed by atoms with Gasteiger partial charge in [-0.1, -0.05) is 25.1 Å². The van der Waals surface area contributed by atoms with Gasteiger partial charge in [0.25, 0.3) is 0 Å². The summed E-state index contributed by atoms with van der Waals surface area (Å²) in [5.41, 5.74) is 0.862. The molecule has 0 saturated carbocycles. The van der Waals surface area contributed by atoms with Crippen molar-refractivity contribution < 1.29 is 4.79 Å². The number of hydrogen-bond donors (Lipinski definition) is 2. The SMILES string of the molecule is CCCNc1cc(N2CCC[C@H](CCC(=O)Nc3ccccc3)C2)ncn1. The second kappa shape index (κ2) is 9.90. The summed E-state index contributed by atoms with van der Waals surface area (Å²) in [5, 5.41) is 6.29. The fourth-order valence-corrected chi connectivity index (χ4v) is 3.46. The quantitative estimate of drug-likeness (QED) is 0.740. The molecule has 1 aromatic carbocycles. The third-order valence-corrected chi connectivity index (χ3v) is 4.89. The molecule has 1 aromatic heterocycles. The Balaban J connectivity index is 1.50. The van der Waals surface area contributed by atoms with Crippen LogP contribution in [0.2, 0.25) is 0 Å². The number of para-hydroxylation sites is 1. The minimum Gasteiger partial charge on any atom is -0.370 e. The molecule has 3 rings (SSSR count). The van der Waals surface area contributed by atoms with Crippen LogP contribution in [0.5, 0.6) is 0 Å². The van der Waals surface area contributed by atoms with E-state index >= 15 is 0 Å². The molecule has 1 aliphatic rings. The molecule has 1 amide bonds. The summed E-state index contributed by atoms with van der Waals surface area (Å²) in [4.78, 5) is 23.3. The molecule has 1 saturated heterocycles. The molecule has 6 nitrogen and oxygen atoms in total. The monoisotopic (exact) mass is 367 g/mol. The highest BCUT2D eigenvalue weighted by molar-refractivity contribution is 5.90. The van der Waals surface area contributed by atoms with E-state index in [0.29, 0.717) is 12.3 Å². The first-order valence-corrected chi connectivity index (χ1v) is 9.90. The number of carbonyl (C=O) groups is 1. The van der Waals surface area contributed by atoms with E-state index < -0.39 is 0 Å². The van der Waals surface area contributed by atoms with Gasteiger partial charge in [0.2, 0.25) is 5.91 Å². The van der Waals surface area contributed by atoms with E-state index in [0.717, 1.165) is 56.2 Å². The molecule has 27 heavy (non-hydrogen) atoms. The fourth-order valence-electron chi connectivity index (χ4n) is 3.46. The van der Waals surface area contributed by atoms with Gasteiger partial charge in [-0.05, 0) is 43.7 Å². The van der Waals surface area contributed by atoms with Crippen LogP contribution in [-0.4, -0.2) is 35.5 Å². The highest BCUT2D eigenvalue weighted by atomic mass is 16.1. The second-order valence-electron chi connectivity index (χ2n) is 7.10. The molecule has 2 N–H and O–H groups in total. The minimum absolute atomic E-state index is 0.0893. The number of nitrogens with one attached hydrogen (secondary N) is 2. The van der Waals surface area contributed by atoms with Crippen molar-refractivity contribution in [1.82, 2.24) is 9.97 Å². The smallest absolute Gasteiger partial charge is 0.224 e. The van der Waals surface area contributed by atoms with Gasteiger partial charge >= 0.3 is 0 Å². The molecule has 0 aliphatic carbocycles. The number of hydrogen-bond acceptors (Lipinski definition) is 5. The Morgan fingerprint density at radius 3 is 2.93 bits per heavy atom. The van der Waals surface area contributed by atoms with Crippen LogP contribution in [0.25, 0.3) is 0 Å². The first-order valence-electron chi connectivity index (χ1n) is 9.90. The molecule has 0 radical (unpaired) electrons. The molecule has 0 bridgehead atoms. The van der Waals surface area contributed by atoms with E-state index in [-0.39, 0.29) is 5.91 Å². The summed E-state index contributed by atoms with van der Waals surface area (Å²) in [6, 6.07) is 11.7. The maximum Gasteiger partial charge on any atom is 0.224 e. The average Bonchev–Trinajstić information content (AvgIpc) is 2.72. The van der Waals surface area contributed by atoms with Gasteiger partial charge in [0.05, 0.1) is 0 Å². The van der Waals surface area contributed by atoms with Gasteiger partial charge < -0.3 is 15.5 Å². The van der Waals surface area contributed by atoms with Crippen molar-refractivity contribution in [2.24, 2.45) is 5.92 Å². The van der Waals surface area contributed by atoms with Crippen molar-refractivity contribution in [3.05, 3.63) is 42.7 Å². The lowest BCUT2D eigenvalue weighted by atomic mass is 9.93. The Bertz CT molecular complexity index is 722. The molecule has 1 fully saturated rings. The predicted molar refractivity (Wildman–Crippen MR) is 110 cm³/mol. The predicted octanol–water partition coefficient (Wildman–Crippen LogP) is 3.93. The van der Waals surface area contributed by atoms with E-state index in [4.69, 9.17) is 0 Å². The van der Waals surface area contributed by atoms with Crippen LogP contribution in [0.15, 0.2) is 42.7 Å². The number of amides is 1. The van der Waals surface area contributed by atoms with Gasteiger partial charge in [0.1, 0.15) is 18.0 Å². The minimum atomic E-state index is 0.0893. The van der Waals surface area contributed by atoms with Gasteiger partial charge in [0, 0.05) is 37.8 Å². The summed E-state index contributed by atoms with van der Waals surface area (Å²) >= 11 is 0. The molecule has 6 heteroatoms. The fraction of sp³-hybridized carbons (Fsp3) is 0.476. The number of rotatable bonds is 8. The Hall–Kier alpha value is -2.63. The molecule has 0 spiro atoms. The lowest BCUT2D eigenvalue weighted by Crippen LogP contribution is -2.36. The van der Waals surface area contributed by atoms with Crippen molar-refractivity contribution in [2.75, 3.05) is 35.2 Å². The molecule has 2 aromatic rings. The van der Waals surface area contributed by atoms with Crippen LogP contribution in [-0.2, 0) is 4.79 Å². The Labute approximate surface area is 161 Å². The lowest BCUT2D eigenvalue weighted by molar-refractivity contribution is -0.116. The molecular formula is C21H29N5O. The first kappa shape index (κ1) is 19.1. The maximum absolute atomic E-state index is 12.2. The molecule has 1 aliphatic heterocycles. The number of anilines is 3. The number of aromatic nitrogens is 2. The highest BCUT2D eigenvalue weighted by Gasteiger charge is 2.22. The van der Waals surface area contributed by atoms with Crippen LogP contribution in [0.4, 0.5) is 17.3 Å². The summed E-state index contributed by atoms with van der Waals surface area (Å²) in [5.74, 6) is 2.46. The van der Waals surface area contributed by atoms with E-state index in [1.54, 1.807) is 6.33 Å². The zero-order valence-electron chi connectivity index (χ0n) is 16.0. The molecular weight excluding hydrogens is 338 g/mol. The molecule has 0 unspecified atom stereocenters. The Kier molecular flexibility index (Phi) is 7.02. The van der Waals surface area contributed by atoms with E-state index in [1.165, 1.54) is 6.42 Å². The van der Waals surface area contributed by atoms with Crippen LogP contribution in [0.3, 0.4) is 0 Å². The average molecular weight is 367 g/mol. The normalized spacial score (nSPS) is 16.8. The van der Waals surface area contributed by atoms with Crippen molar-refractivity contribution in [3.63, 3.8) is 0 Å². The number of piperidine rings is 1. The van der Waals surface area contributed by atoms with Gasteiger partial charge in [-0.25, -0.2) is 9.97 Å². The van der Waals surface area contributed by atoms with Crippen molar-refractivity contribution in [1.29, 1.82) is 0 Å². The lowest BCUT2D eigenvalue weighted by Gasteiger charge is -2.33. The second-order valence-corrected chi connectivity index (χ2v) is 7.10. The van der Waals surface area contributed by atoms with Crippen LogP contribution >= 0.6 is 0 Å². The highest BCUT2D eigenvalue weighted by Crippen LogP contribution is 2.25. The van der Waals surface area contributed by atoms with Gasteiger partial charge in [-0.3, -0.25) is 4.79 Å². The van der Waals surface area contributed by atoms with Gasteiger partial charge in [0.15, 0.2) is 0 Å². The van der Waals surface area contributed by atoms with E-state index in [2.05, 4.69) is 32.4 Å². The third-order valence-electron chi connectivity index (χ3n) is 4.89. The first-order chi connectivity index (χ1) is 13.2. The van der Waals surface area contributed by atoms with Crippen molar-refractivity contribution in [3.8, 4) is 0 Å². The van der Waals surface area contributed by atoms with Crippen molar-refractivity contribution >= 4 is 23.2 Å². The summed E-state index contributed by atoms with van der Waals surface area (Å²) < 4.78 is 0. The van der Waals surface area contributed by atoms with Crippen molar-refractivity contribution in [2.45, 2.75) is 39.0 Å². The van der Waals surface area contributed by atoms with Crippen LogP contribution < -0.4 is 15.5 Å². The maximum atomic E-state index is 12.2. The molecule has 144 valence electrons. The topological polar surface area (TPSA) is 70.2 Å². The Morgan fingerprint density at radius 1 is 1.26 bits per heavy atom.